The smallest absolute Gasteiger partial charge is 0.129 e. The van der Waals surface area contributed by atoms with Crippen LogP contribution < -0.4 is 5.73 Å². The largest absolute Gasteiger partial charge is 0.383 e. The third kappa shape index (κ3) is 1.39. The van der Waals surface area contributed by atoms with Gasteiger partial charge in [0.05, 0.1) is 23.6 Å². The van der Waals surface area contributed by atoms with E-state index in [0.29, 0.717) is 5.82 Å². The molecule has 0 saturated heterocycles. The molecule has 0 radical (unpaired) electrons. The molecule has 3 rings (SSSR count). The van der Waals surface area contributed by atoms with Crippen LogP contribution in [-0.2, 0) is 14.1 Å². The fourth-order valence-corrected chi connectivity index (χ4v) is 1.96. The molecular formula is C12H13N5. The van der Waals surface area contributed by atoms with E-state index in [0.717, 1.165) is 22.2 Å². The van der Waals surface area contributed by atoms with E-state index in [4.69, 9.17) is 5.73 Å². The van der Waals surface area contributed by atoms with Gasteiger partial charge in [0.15, 0.2) is 0 Å². The molecule has 0 spiro atoms. The van der Waals surface area contributed by atoms with Crippen molar-refractivity contribution in [2.75, 3.05) is 5.73 Å². The van der Waals surface area contributed by atoms with E-state index in [1.807, 2.05) is 30.8 Å². The minimum Gasteiger partial charge on any atom is -0.383 e. The van der Waals surface area contributed by atoms with Gasteiger partial charge in [-0.25, -0.2) is 4.98 Å². The maximum Gasteiger partial charge on any atom is 0.129 e. The Labute approximate surface area is 98.5 Å². The Morgan fingerprint density at radius 1 is 1.24 bits per heavy atom. The summed E-state index contributed by atoms with van der Waals surface area (Å²) < 4.78 is 3.66. The molecule has 0 aliphatic carbocycles. The van der Waals surface area contributed by atoms with E-state index >= 15 is 0 Å². The van der Waals surface area contributed by atoms with Gasteiger partial charge in [0.1, 0.15) is 5.82 Å². The van der Waals surface area contributed by atoms with Crippen molar-refractivity contribution >= 4 is 16.9 Å². The molecule has 2 aromatic heterocycles. The van der Waals surface area contributed by atoms with Gasteiger partial charge in [0.25, 0.3) is 0 Å². The van der Waals surface area contributed by atoms with Crippen molar-refractivity contribution in [3.8, 4) is 11.1 Å². The van der Waals surface area contributed by atoms with Crippen LogP contribution in [-0.4, -0.2) is 19.3 Å². The summed E-state index contributed by atoms with van der Waals surface area (Å²) in [7, 11) is 3.81. The summed E-state index contributed by atoms with van der Waals surface area (Å²) in [6.45, 7) is 0. The van der Waals surface area contributed by atoms with E-state index in [-0.39, 0.29) is 0 Å². The van der Waals surface area contributed by atoms with Crippen molar-refractivity contribution < 1.29 is 0 Å². The Morgan fingerprint density at radius 3 is 2.76 bits per heavy atom. The second-order valence-electron chi connectivity index (χ2n) is 4.13. The first-order valence-corrected chi connectivity index (χ1v) is 5.36. The van der Waals surface area contributed by atoms with Crippen LogP contribution in [0.15, 0.2) is 30.7 Å². The number of hydrogen-bond donors (Lipinski definition) is 1. The molecule has 0 unspecified atom stereocenters. The van der Waals surface area contributed by atoms with Crippen molar-refractivity contribution in [1.29, 1.82) is 0 Å². The first kappa shape index (κ1) is 9.89. The highest BCUT2D eigenvalue weighted by molar-refractivity contribution is 5.84. The van der Waals surface area contributed by atoms with E-state index in [9.17, 15) is 0 Å². The van der Waals surface area contributed by atoms with Gasteiger partial charge in [0.2, 0.25) is 0 Å². The van der Waals surface area contributed by atoms with Crippen LogP contribution in [0.1, 0.15) is 0 Å². The lowest BCUT2D eigenvalue weighted by molar-refractivity contribution is 0.779. The Bertz CT molecular complexity index is 692. The number of benzene rings is 1. The van der Waals surface area contributed by atoms with Crippen molar-refractivity contribution in [1.82, 2.24) is 19.3 Å². The zero-order chi connectivity index (χ0) is 12.0. The molecule has 5 nitrogen and oxygen atoms in total. The van der Waals surface area contributed by atoms with Crippen LogP contribution in [0.2, 0.25) is 0 Å². The normalized spacial score (nSPS) is 11.2. The van der Waals surface area contributed by atoms with Gasteiger partial charge in [-0.2, -0.15) is 5.10 Å². The van der Waals surface area contributed by atoms with E-state index < -0.39 is 0 Å². The lowest BCUT2D eigenvalue weighted by Crippen LogP contribution is -1.98. The number of aromatic nitrogens is 4. The summed E-state index contributed by atoms with van der Waals surface area (Å²) in [5.41, 5.74) is 10.1. The van der Waals surface area contributed by atoms with Crippen LogP contribution in [0.3, 0.4) is 0 Å². The summed E-state index contributed by atoms with van der Waals surface area (Å²) in [5, 5.41) is 4.15. The molecule has 0 amide bonds. The lowest BCUT2D eigenvalue weighted by atomic mass is 10.1. The quantitative estimate of drug-likeness (QED) is 0.686. The predicted molar refractivity (Wildman–Crippen MR) is 67.3 cm³/mol. The zero-order valence-electron chi connectivity index (χ0n) is 9.75. The Hall–Kier alpha value is -2.30. The molecule has 17 heavy (non-hydrogen) atoms. The molecule has 0 atom stereocenters. The molecule has 0 bridgehead atoms. The number of rotatable bonds is 1. The predicted octanol–water partition coefficient (Wildman–Crippen LogP) is 1.56. The van der Waals surface area contributed by atoms with Crippen LogP contribution in [0, 0.1) is 0 Å². The number of imidazole rings is 1. The van der Waals surface area contributed by atoms with Gasteiger partial charge >= 0.3 is 0 Å². The molecule has 5 heteroatoms. The Morgan fingerprint density at radius 2 is 2.06 bits per heavy atom. The third-order valence-corrected chi connectivity index (χ3v) is 3.02. The van der Waals surface area contributed by atoms with Crippen LogP contribution in [0.4, 0.5) is 5.82 Å². The molecule has 0 fully saturated rings. The maximum absolute atomic E-state index is 5.97. The SMILES string of the molecule is Cn1ncc(-c2ccc3ncn(C)c3c2)c1N. The van der Waals surface area contributed by atoms with Crippen molar-refractivity contribution in [2.24, 2.45) is 14.1 Å². The fourth-order valence-electron chi connectivity index (χ4n) is 1.96. The van der Waals surface area contributed by atoms with Crippen LogP contribution >= 0.6 is 0 Å². The number of aryl methyl sites for hydroxylation is 2. The molecule has 2 N–H and O–H groups in total. The second-order valence-corrected chi connectivity index (χ2v) is 4.13. The molecule has 0 aliphatic rings. The molecule has 0 saturated carbocycles. The highest BCUT2D eigenvalue weighted by atomic mass is 15.3. The average Bonchev–Trinajstić information content (AvgIpc) is 2.85. The van der Waals surface area contributed by atoms with Crippen LogP contribution in [0.5, 0.6) is 0 Å². The zero-order valence-corrected chi connectivity index (χ0v) is 9.75. The minimum absolute atomic E-state index is 0.673. The number of nitrogens with two attached hydrogens (primary N) is 1. The molecule has 3 aromatic rings. The highest BCUT2D eigenvalue weighted by Crippen LogP contribution is 2.27. The standard InChI is InChI=1S/C12H13N5/c1-16-7-14-10-4-3-8(5-11(10)16)9-6-15-17(2)12(9)13/h3-7H,13H2,1-2H3. The Balaban J connectivity index is 2.24. The van der Waals surface area contributed by atoms with Gasteiger partial charge in [-0.05, 0) is 17.7 Å². The third-order valence-electron chi connectivity index (χ3n) is 3.02. The second kappa shape index (κ2) is 3.35. The number of nitrogen functional groups attached to an aromatic ring is 1. The molecule has 86 valence electrons. The summed E-state index contributed by atoms with van der Waals surface area (Å²) in [5.74, 6) is 0.673. The van der Waals surface area contributed by atoms with E-state index in [1.165, 1.54) is 0 Å². The Kier molecular flexibility index (Phi) is 1.95. The van der Waals surface area contributed by atoms with Gasteiger partial charge in [-0.15, -0.1) is 0 Å². The summed E-state index contributed by atoms with van der Waals surface area (Å²) >= 11 is 0. The van der Waals surface area contributed by atoms with Gasteiger partial charge < -0.3 is 10.3 Å². The number of anilines is 1. The van der Waals surface area contributed by atoms with E-state index in [2.05, 4.69) is 16.1 Å². The lowest BCUT2D eigenvalue weighted by Gasteiger charge is -2.02. The minimum atomic E-state index is 0.673. The molecule has 2 heterocycles. The van der Waals surface area contributed by atoms with Crippen LogP contribution in [0.25, 0.3) is 22.2 Å². The molecular weight excluding hydrogens is 214 g/mol. The monoisotopic (exact) mass is 227 g/mol. The number of fused-ring (bicyclic) bond motifs is 1. The number of hydrogen-bond acceptors (Lipinski definition) is 3. The van der Waals surface area contributed by atoms with Crippen molar-refractivity contribution in [3.63, 3.8) is 0 Å². The van der Waals surface area contributed by atoms with Crippen molar-refractivity contribution in [2.45, 2.75) is 0 Å². The van der Waals surface area contributed by atoms with Gasteiger partial charge in [-0.3, -0.25) is 4.68 Å². The fraction of sp³-hybridized carbons (Fsp3) is 0.167. The first-order valence-electron chi connectivity index (χ1n) is 5.36. The van der Waals surface area contributed by atoms with Crippen molar-refractivity contribution in [3.05, 3.63) is 30.7 Å². The van der Waals surface area contributed by atoms with Gasteiger partial charge in [-0.1, -0.05) is 6.07 Å². The summed E-state index contributed by atoms with van der Waals surface area (Å²) in [6.07, 6.45) is 3.59. The first-order chi connectivity index (χ1) is 8.16. The highest BCUT2D eigenvalue weighted by Gasteiger charge is 2.09. The topological polar surface area (TPSA) is 61.7 Å². The number of nitrogens with zero attached hydrogens (tertiary/aromatic N) is 4. The van der Waals surface area contributed by atoms with E-state index in [1.54, 1.807) is 17.2 Å². The molecule has 1 aromatic carbocycles. The van der Waals surface area contributed by atoms with Gasteiger partial charge in [0, 0.05) is 19.7 Å². The molecule has 0 aliphatic heterocycles. The summed E-state index contributed by atoms with van der Waals surface area (Å²) in [4.78, 5) is 4.29. The average molecular weight is 227 g/mol. The maximum atomic E-state index is 5.97. The summed E-state index contributed by atoms with van der Waals surface area (Å²) in [6, 6.07) is 6.09.